The van der Waals surface area contributed by atoms with Gasteiger partial charge in [-0.15, -0.1) is 0 Å². The molecule has 1 fully saturated rings. The minimum Gasteiger partial charge on any atom is -0.278 e. The Morgan fingerprint density at radius 1 is 1.37 bits per heavy atom. The van der Waals surface area contributed by atoms with Gasteiger partial charge in [0.1, 0.15) is 6.04 Å². The predicted molar refractivity (Wildman–Crippen MR) is 58.6 cm³/mol. The first-order chi connectivity index (χ1) is 8.77. The Hall–Kier alpha value is -1.67. The summed E-state index contributed by atoms with van der Waals surface area (Å²) in [6, 6.07) is 4.79. The number of hydrogen-bond donors (Lipinski definition) is 1. The molecule has 1 saturated heterocycles. The number of rotatable bonds is 2. The standard InChI is InChI=1S/C11H11F3N2O3/c1-10(11(12,13)14)9(16(17)18)8(15-19-10)7-5-3-2-4-6-7/h2-6,8-9,15H,1H3. The van der Waals surface area contributed by atoms with Gasteiger partial charge in [0.2, 0.25) is 5.60 Å². The largest absolute Gasteiger partial charge is 0.426 e. The van der Waals surface area contributed by atoms with Gasteiger partial charge in [-0.05, 0) is 12.5 Å². The van der Waals surface area contributed by atoms with E-state index in [-0.39, 0.29) is 0 Å². The lowest BCUT2D eigenvalue weighted by Crippen LogP contribution is -2.54. The van der Waals surface area contributed by atoms with Gasteiger partial charge in [-0.25, -0.2) is 0 Å². The van der Waals surface area contributed by atoms with Gasteiger partial charge in [0.05, 0.1) is 0 Å². The normalized spacial score (nSPS) is 31.4. The SMILES string of the molecule is CC1(C(F)(F)F)ONC(c2ccccc2)C1[N+](=O)[O-]. The fourth-order valence-electron chi connectivity index (χ4n) is 2.09. The van der Waals surface area contributed by atoms with Crippen molar-refractivity contribution in [1.82, 2.24) is 5.48 Å². The summed E-state index contributed by atoms with van der Waals surface area (Å²) in [4.78, 5) is 14.6. The molecule has 0 radical (unpaired) electrons. The average Bonchev–Trinajstić information content (AvgIpc) is 2.69. The monoisotopic (exact) mass is 276 g/mol. The lowest BCUT2D eigenvalue weighted by molar-refractivity contribution is -0.550. The van der Waals surface area contributed by atoms with E-state index in [0.29, 0.717) is 12.5 Å². The van der Waals surface area contributed by atoms with Crippen molar-refractivity contribution in [3.63, 3.8) is 0 Å². The van der Waals surface area contributed by atoms with Crippen LogP contribution in [0.5, 0.6) is 0 Å². The smallest absolute Gasteiger partial charge is 0.278 e. The van der Waals surface area contributed by atoms with Crippen molar-refractivity contribution in [2.75, 3.05) is 0 Å². The Bertz CT molecular complexity index is 480. The van der Waals surface area contributed by atoms with Crippen molar-refractivity contribution in [1.29, 1.82) is 0 Å². The third kappa shape index (κ3) is 2.17. The van der Waals surface area contributed by atoms with E-state index in [1.807, 2.05) is 0 Å². The molecule has 1 heterocycles. The summed E-state index contributed by atoms with van der Waals surface area (Å²) >= 11 is 0. The topological polar surface area (TPSA) is 64.4 Å². The highest BCUT2D eigenvalue weighted by atomic mass is 19.4. The Morgan fingerprint density at radius 2 is 1.95 bits per heavy atom. The van der Waals surface area contributed by atoms with E-state index in [0.717, 1.165) is 0 Å². The fourth-order valence-corrected chi connectivity index (χ4v) is 2.09. The maximum Gasteiger partial charge on any atom is 0.426 e. The Kier molecular flexibility index (Phi) is 3.23. The van der Waals surface area contributed by atoms with Gasteiger partial charge in [-0.3, -0.25) is 15.0 Å². The Balaban J connectivity index is 2.42. The number of hydroxylamine groups is 1. The molecule has 8 heteroatoms. The number of nitrogens with one attached hydrogen (secondary N) is 1. The molecule has 0 spiro atoms. The zero-order valence-electron chi connectivity index (χ0n) is 9.85. The molecule has 1 aliphatic rings. The number of hydrogen-bond acceptors (Lipinski definition) is 4. The van der Waals surface area contributed by atoms with E-state index in [2.05, 4.69) is 10.3 Å². The van der Waals surface area contributed by atoms with Gasteiger partial charge < -0.3 is 0 Å². The molecule has 0 saturated carbocycles. The highest BCUT2D eigenvalue weighted by molar-refractivity contribution is 5.22. The van der Waals surface area contributed by atoms with Crippen LogP contribution in [0.3, 0.4) is 0 Å². The first-order valence-electron chi connectivity index (χ1n) is 5.46. The summed E-state index contributed by atoms with van der Waals surface area (Å²) in [6.45, 7) is 0.677. The average molecular weight is 276 g/mol. The molecule has 19 heavy (non-hydrogen) atoms. The van der Waals surface area contributed by atoms with E-state index in [1.54, 1.807) is 18.2 Å². The lowest BCUT2D eigenvalue weighted by atomic mass is 9.88. The van der Waals surface area contributed by atoms with Crippen LogP contribution in [0.25, 0.3) is 0 Å². The minimum atomic E-state index is -4.85. The van der Waals surface area contributed by atoms with E-state index in [4.69, 9.17) is 0 Å². The second kappa shape index (κ2) is 4.46. The predicted octanol–water partition coefficient (Wildman–Crippen LogP) is 2.23. The maximum absolute atomic E-state index is 13.0. The van der Waals surface area contributed by atoms with Crippen molar-refractivity contribution in [2.24, 2.45) is 0 Å². The number of nitrogens with zero attached hydrogens (tertiary/aromatic N) is 1. The summed E-state index contributed by atoms with van der Waals surface area (Å²) in [7, 11) is 0. The molecular weight excluding hydrogens is 265 g/mol. The van der Waals surface area contributed by atoms with Crippen LogP contribution in [0.4, 0.5) is 13.2 Å². The number of alkyl halides is 3. The van der Waals surface area contributed by atoms with Gasteiger partial charge in [-0.1, -0.05) is 30.3 Å². The van der Waals surface area contributed by atoms with Gasteiger partial charge in [0.25, 0.3) is 6.04 Å². The summed E-state index contributed by atoms with van der Waals surface area (Å²) in [6.07, 6.45) is -4.85. The van der Waals surface area contributed by atoms with Crippen molar-refractivity contribution in [2.45, 2.75) is 30.8 Å². The van der Waals surface area contributed by atoms with Gasteiger partial charge in [-0.2, -0.15) is 18.7 Å². The van der Waals surface area contributed by atoms with Crippen LogP contribution in [0, 0.1) is 10.1 Å². The first kappa shape index (κ1) is 13.8. The molecule has 0 amide bonds. The molecule has 0 aromatic heterocycles. The third-order valence-corrected chi connectivity index (χ3v) is 3.23. The van der Waals surface area contributed by atoms with Crippen LogP contribution >= 0.6 is 0 Å². The molecule has 5 nitrogen and oxygen atoms in total. The maximum atomic E-state index is 13.0. The molecule has 3 atom stereocenters. The quantitative estimate of drug-likeness (QED) is 0.664. The second-order valence-electron chi connectivity index (χ2n) is 4.44. The molecule has 1 aliphatic heterocycles. The number of benzene rings is 1. The van der Waals surface area contributed by atoms with Crippen LogP contribution in [0.2, 0.25) is 0 Å². The second-order valence-corrected chi connectivity index (χ2v) is 4.44. The van der Waals surface area contributed by atoms with Crippen LogP contribution < -0.4 is 5.48 Å². The van der Waals surface area contributed by atoms with E-state index in [9.17, 15) is 23.3 Å². The van der Waals surface area contributed by atoms with Crippen molar-refractivity contribution in [3.05, 3.63) is 46.0 Å². The Morgan fingerprint density at radius 3 is 2.42 bits per heavy atom. The van der Waals surface area contributed by atoms with Crippen LogP contribution in [0.15, 0.2) is 30.3 Å². The van der Waals surface area contributed by atoms with Crippen molar-refractivity contribution >= 4 is 0 Å². The zero-order chi connectivity index (χ0) is 14.3. The molecule has 0 bridgehead atoms. The van der Waals surface area contributed by atoms with Crippen molar-refractivity contribution < 1.29 is 22.9 Å². The number of halogens is 3. The summed E-state index contributed by atoms with van der Waals surface area (Å²) in [5, 5.41) is 11.0. The summed E-state index contributed by atoms with van der Waals surface area (Å²) < 4.78 is 38.9. The van der Waals surface area contributed by atoms with Crippen molar-refractivity contribution in [3.8, 4) is 0 Å². The summed E-state index contributed by atoms with van der Waals surface area (Å²) in [5.74, 6) is 0. The molecule has 2 rings (SSSR count). The van der Waals surface area contributed by atoms with Gasteiger partial charge in [0.15, 0.2) is 0 Å². The summed E-state index contributed by atoms with van der Waals surface area (Å²) in [5.41, 5.74) is -0.352. The van der Waals surface area contributed by atoms with Gasteiger partial charge in [0, 0.05) is 4.92 Å². The minimum absolute atomic E-state index is 0.372. The van der Waals surface area contributed by atoms with E-state index >= 15 is 0 Å². The molecular formula is C11H11F3N2O3. The third-order valence-electron chi connectivity index (χ3n) is 3.23. The molecule has 1 N–H and O–H groups in total. The van der Waals surface area contributed by atoms with Crippen LogP contribution in [0.1, 0.15) is 18.5 Å². The molecule has 0 aliphatic carbocycles. The van der Waals surface area contributed by atoms with E-state index < -0.39 is 28.8 Å². The molecule has 3 unspecified atom stereocenters. The Labute approximate surface area is 106 Å². The highest BCUT2D eigenvalue weighted by Crippen LogP contribution is 2.45. The van der Waals surface area contributed by atoms with Crippen LogP contribution in [-0.2, 0) is 4.84 Å². The fraction of sp³-hybridized carbons (Fsp3) is 0.455. The van der Waals surface area contributed by atoms with Gasteiger partial charge >= 0.3 is 6.18 Å². The lowest BCUT2D eigenvalue weighted by Gasteiger charge is -2.26. The highest BCUT2D eigenvalue weighted by Gasteiger charge is 2.70. The first-order valence-corrected chi connectivity index (χ1v) is 5.46. The molecule has 1 aromatic rings. The zero-order valence-corrected chi connectivity index (χ0v) is 9.85. The van der Waals surface area contributed by atoms with Crippen LogP contribution in [-0.4, -0.2) is 22.7 Å². The molecule has 1 aromatic carbocycles. The molecule has 104 valence electrons. The number of nitro groups is 1. The van der Waals surface area contributed by atoms with E-state index in [1.165, 1.54) is 12.1 Å².